The number of amides is 1. The highest BCUT2D eigenvalue weighted by atomic mass is 16.4. The second-order valence-electron chi connectivity index (χ2n) is 6.96. The second-order valence-corrected chi connectivity index (χ2v) is 6.96. The summed E-state index contributed by atoms with van der Waals surface area (Å²) >= 11 is 0. The van der Waals surface area contributed by atoms with Gasteiger partial charge >= 0.3 is 5.97 Å². The lowest BCUT2D eigenvalue weighted by molar-refractivity contribution is -0.147. The van der Waals surface area contributed by atoms with Gasteiger partial charge in [-0.15, -0.1) is 0 Å². The van der Waals surface area contributed by atoms with Gasteiger partial charge in [-0.25, -0.2) is 0 Å². The minimum Gasteiger partial charge on any atom is -0.481 e. The molecule has 0 saturated carbocycles. The van der Waals surface area contributed by atoms with E-state index in [1.807, 2.05) is 19.1 Å². The van der Waals surface area contributed by atoms with Crippen LogP contribution in [0.5, 0.6) is 0 Å². The van der Waals surface area contributed by atoms with Crippen LogP contribution >= 0.6 is 0 Å². The van der Waals surface area contributed by atoms with Gasteiger partial charge in [0.2, 0.25) is 5.91 Å². The summed E-state index contributed by atoms with van der Waals surface area (Å²) in [7, 11) is 0. The van der Waals surface area contributed by atoms with E-state index in [4.69, 9.17) is 0 Å². The number of hydrogen-bond acceptors (Lipinski definition) is 2. The summed E-state index contributed by atoms with van der Waals surface area (Å²) < 4.78 is 0. The maximum atomic E-state index is 12.6. The standard InChI is InChI=1S/C20H25NO3/c1-13(15-11-10-14-6-2-3-7-16(14)12-15)21-19(22)17-8-4-5-9-18(17)20(23)24/h4-5,10-13,17-18H,2-3,6-9H2,1H3,(H,21,22)(H,23,24)/t13-,17+,18-/m0/s1. The van der Waals surface area contributed by atoms with E-state index in [-0.39, 0.29) is 11.9 Å². The molecule has 2 N–H and O–H groups in total. The van der Waals surface area contributed by atoms with Gasteiger partial charge in [0.05, 0.1) is 17.9 Å². The molecule has 0 radical (unpaired) electrons. The number of aliphatic carboxylic acids is 1. The van der Waals surface area contributed by atoms with E-state index < -0.39 is 17.8 Å². The van der Waals surface area contributed by atoms with E-state index in [0.717, 1.165) is 18.4 Å². The van der Waals surface area contributed by atoms with Crippen molar-refractivity contribution in [3.05, 3.63) is 47.0 Å². The van der Waals surface area contributed by atoms with Gasteiger partial charge in [0, 0.05) is 0 Å². The van der Waals surface area contributed by atoms with Crippen molar-refractivity contribution in [3.8, 4) is 0 Å². The van der Waals surface area contributed by atoms with E-state index in [0.29, 0.717) is 12.8 Å². The van der Waals surface area contributed by atoms with E-state index in [9.17, 15) is 14.7 Å². The van der Waals surface area contributed by atoms with Crippen LogP contribution in [-0.2, 0) is 22.4 Å². The van der Waals surface area contributed by atoms with Crippen molar-refractivity contribution in [3.63, 3.8) is 0 Å². The van der Waals surface area contributed by atoms with Gasteiger partial charge in [-0.05, 0) is 62.1 Å². The zero-order chi connectivity index (χ0) is 17.1. The fourth-order valence-electron chi connectivity index (χ4n) is 3.80. The molecule has 0 unspecified atom stereocenters. The Kier molecular flexibility index (Phi) is 5.03. The highest BCUT2D eigenvalue weighted by Crippen LogP contribution is 2.28. The number of rotatable bonds is 4. The van der Waals surface area contributed by atoms with Crippen LogP contribution in [0, 0.1) is 11.8 Å². The van der Waals surface area contributed by atoms with Crippen LogP contribution in [-0.4, -0.2) is 17.0 Å². The van der Waals surface area contributed by atoms with Gasteiger partial charge < -0.3 is 10.4 Å². The van der Waals surface area contributed by atoms with E-state index in [1.54, 1.807) is 0 Å². The number of aryl methyl sites for hydroxylation is 2. The number of carbonyl (C=O) groups excluding carboxylic acids is 1. The number of allylic oxidation sites excluding steroid dienone is 2. The molecule has 3 atom stereocenters. The van der Waals surface area contributed by atoms with Crippen molar-refractivity contribution in [2.75, 3.05) is 0 Å². The van der Waals surface area contributed by atoms with Crippen molar-refractivity contribution in [2.24, 2.45) is 11.8 Å². The molecule has 1 aromatic carbocycles. The van der Waals surface area contributed by atoms with Crippen molar-refractivity contribution >= 4 is 11.9 Å². The summed E-state index contributed by atoms with van der Waals surface area (Å²) in [5.41, 5.74) is 3.91. The van der Waals surface area contributed by atoms with Crippen LogP contribution in [0.3, 0.4) is 0 Å². The van der Waals surface area contributed by atoms with E-state index in [2.05, 4.69) is 23.5 Å². The quantitative estimate of drug-likeness (QED) is 0.833. The van der Waals surface area contributed by atoms with Crippen molar-refractivity contribution in [2.45, 2.75) is 51.5 Å². The van der Waals surface area contributed by atoms with Crippen LogP contribution < -0.4 is 5.32 Å². The Morgan fingerprint density at radius 2 is 1.75 bits per heavy atom. The number of nitrogens with one attached hydrogen (secondary N) is 1. The number of fused-ring (bicyclic) bond motifs is 1. The van der Waals surface area contributed by atoms with Gasteiger partial charge in [0.25, 0.3) is 0 Å². The lowest BCUT2D eigenvalue weighted by atomic mass is 9.82. The summed E-state index contributed by atoms with van der Waals surface area (Å²) in [6, 6.07) is 6.36. The molecule has 1 amide bonds. The second kappa shape index (κ2) is 7.20. The van der Waals surface area contributed by atoms with Crippen LogP contribution in [0.2, 0.25) is 0 Å². The Hall–Kier alpha value is -2.10. The van der Waals surface area contributed by atoms with Gasteiger partial charge in [0.15, 0.2) is 0 Å². The first kappa shape index (κ1) is 16.7. The molecule has 3 rings (SSSR count). The highest BCUT2D eigenvalue weighted by Gasteiger charge is 2.34. The first-order valence-electron chi connectivity index (χ1n) is 8.86. The monoisotopic (exact) mass is 327 g/mol. The SMILES string of the molecule is C[C@H](NC(=O)[C@@H]1CC=CC[C@@H]1C(=O)O)c1ccc2c(c1)CCCC2. The smallest absolute Gasteiger partial charge is 0.307 e. The van der Waals surface area contributed by atoms with Gasteiger partial charge in [0.1, 0.15) is 0 Å². The van der Waals surface area contributed by atoms with Crippen LogP contribution in [0.4, 0.5) is 0 Å². The zero-order valence-electron chi connectivity index (χ0n) is 14.1. The Balaban J connectivity index is 1.69. The van der Waals surface area contributed by atoms with Crippen molar-refractivity contribution in [1.29, 1.82) is 0 Å². The molecule has 0 bridgehead atoms. The predicted octanol–water partition coefficient (Wildman–Crippen LogP) is 3.41. The first-order valence-corrected chi connectivity index (χ1v) is 8.86. The molecule has 2 aliphatic rings. The Bertz CT molecular complexity index is 665. The maximum absolute atomic E-state index is 12.6. The number of hydrogen-bond donors (Lipinski definition) is 2. The van der Waals surface area contributed by atoms with Crippen molar-refractivity contribution < 1.29 is 14.7 Å². The Morgan fingerprint density at radius 3 is 2.46 bits per heavy atom. The average molecular weight is 327 g/mol. The van der Waals surface area contributed by atoms with E-state index in [1.165, 1.54) is 24.0 Å². The molecule has 2 aliphatic carbocycles. The van der Waals surface area contributed by atoms with Crippen LogP contribution in [0.1, 0.15) is 55.3 Å². The molecule has 0 saturated heterocycles. The molecule has 0 heterocycles. The molecular formula is C20H25NO3. The van der Waals surface area contributed by atoms with Crippen LogP contribution in [0.15, 0.2) is 30.4 Å². The molecule has 24 heavy (non-hydrogen) atoms. The largest absolute Gasteiger partial charge is 0.481 e. The Morgan fingerprint density at radius 1 is 1.08 bits per heavy atom. The lowest BCUT2D eigenvalue weighted by Crippen LogP contribution is -2.39. The topological polar surface area (TPSA) is 66.4 Å². The predicted molar refractivity (Wildman–Crippen MR) is 92.6 cm³/mol. The summed E-state index contributed by atoms with van der Waals surface area (Å²) in [4.78, 5) is 23.9. The molecule has 0 fully saturated rings. The fourth-order valence-corrected chi connectivity index (χ4v) is 3.80. The molecule has 4 nitrogen and oxygen atoms in total. The molecule has 1 aromatic rings. The number of carboxylic acid groups (broad SMARTS) is 1. The lowest BCUT2D eigenvalue weighted by Gasteiger charge is -2.26. The third kappa shape index (κ3) is 3.53. The zero-order valence-corrected chi connectivity index (χ0v) is 14.1. The molecular weight excluding hydrogens is 302 g/mol. The summed E-state index contributed by atoms with van der Waals surface area (Å²) in [6.45, 7) is 1.97. The fraction of sp³-hybridized carbons (Fsp3) is 0.500. The summed E-state index contributed by atoms with van der Waals surface area (Å²) in [5.74, 6) is -2.14. The number of carboxylic acids is 1. The summed E-state index contributed by atoms with van der Waals surface area (Å²) in [6.07, 6.45) is 9.43. The van der Waals surface area contributed by atoms with Crippen LogP contribution in [0.25, 0.3) is 0 Å². The minimum atomic E-state index is -0.888. The average Bonchev–Trinajstić information content (AvgIpc) is 2.61. The third-order valence-corrected chi connectivity index (χ3v) is 5.32. The highest BCUT2D eigenvalue weighted by molar-refractivity contribution is 5.85. The van der Waals surface area contributed by atoms with Gasteiger partial charge in [-0.3, -0.25) is 9.59 Å². The molecule has 4 heteroatoms. The normalized spacial score (nSPS) is 24.0. The van der Waals surface area contributed by atoms with Gasteiger partial charge in [-0.1, -0.05) is 30.4 Å². The minimum absolute atomic E-state index is 0.106. The van der Waals surface area contributed by atoms with E-state index >= 15 is 0 Å². The number of benzene rings is 1. The third-order valence-electron chi connectivity index (χ3n) is 5.32. The molecule has 0 aromatic heterocycles. The maximum Gasteiger partial charge on any atom is 0.307 e. The molecule has 128 valence electrons. The first-order chi connectivity index (χ1) is 11.6. The van der Waals surface area contributed by atoms with Gasteiger partial charge in [-0.2, -0.15) is 0 Å². The van der Waals surface area contributed by atoms with Crippen molar-refractivity contribution in [1.82, 2.24) is 5.32 Å². The molecule has 0 spiro atoms. The Labute approximate surface area is 143 Å². The number of carbonyl (C=O) groups is 2. The molecule has 0 aliphatic heterocycles. The summed E-state index contributed by atoms with van der Waals surface area (Å²) in [5, 5.41) is 12.3.